The van der Waals surface area contributed by atoms with E-state index in [0.29, 0.717) is 17.2 Å². The molecule has 3 heterocycles. The number of pyridine rings is 1. The molecule has 142 valence electrons. The van der Waals surface area contributed by atoms with Gasteiger partial charge in [-0.05, 0) is 48.7 Å². The van der Waals surface area contributed by atoms with E-state index in [1.165, 1.54) is 11.3 Å². The number of rotatable bonds is 5. The van der Waals surface area contributed by atoms with E-state index in [2.05, 4.69) is 0 Å². The number of hydrogen-bond acceptors (Lipinski definition) is 7. The lowest BCUT2D eigenvalue weighted by atomic mass is 10.0. The number of nitrogens with two attached hydrogens (primary N) is 1. The van der Waals surface area contributed by atoms with E-state index < -0.39 is 5.97 Å². The minimum Gasteiger partial charge on any atom is -0.497 e. The van der Waals surface area contributed by atoms with Gasteiger partial charge in [0.25, 0.3) is 0 Å². The Morgan fingerprint density at radius 2 is 2.00 bits per heavy atom. The molecule has 0 aliphatic carbocycles. The first kappa shape index (κ1) is 18.5. The molecule has 4 rings (SSSR count). The number of carbonyl (C=O) groups excluding carboxylic acids is 1. The highest BCUT2D eigenvalue weighted by Gasteiger charge is 2.22. The van der Waals surface area contributed by atoms with Gasteiger partial charge < -0.3 is 15.2 Å². The maximum Gasteiger partial charge on any atom is 0.350 e. The third-order valence-corrected chi connectivity index (χ3v) is 6.31. The molecule has 0 aliphatic rings. The lowest BCUT2D eigenvalue weighted by Crippen LogP contribution is -2.04. The Morgan fingerprint density at radius 1 is 1.21 bits per heavy atom. The summed E-state index contributed by atoms with van der Waals surface area (Å²) in [4.78, 5) is 19.3. The van der Waals surface area contributed by atoms with Crippen molar-refractivity contribution in [3.63, 3.8) is 0 Å². The highest BCUT2D eigenvalue weighted by molar-refractivity contribution is 7.21. The number of hydrogen-bond donors (Lipinski definition) is 1. The Kier molecular flexibility index (Phi) is 5.02. The van der Waals surface area contributed by atoms with Gasteiger partial charge in [-0.25, -0.2) is 9.78 Å². The van der Waals surface area contributed by atoms with E-state index >= 15 is 0 Å². The smallest absolute Gasteiger partial charge is 0.350 e. The zero-order valence-corrected chi connectivity index (χ0v) is 17.0. The standard InChI is InChI=1S/C21H18N2O3S2/c1-3-26-21(24)19-18(22)17-14(16-5-4-10-27-16)11-15(23-20(17)28-19)12-6-8-13(25-2)9-7-12/h4-11H,3,22H2,1-2H3. The van der Waals surface area contributed by atoms with Gasteiger partial charge in [0.2, 0.25) is 0 Å². The molecule has 28 heavy (non-hydrogen) atoms. The first-order chi connectivity index (χ1) is 13.6. The van der Waals surface area contributed by atoms with Crippen LogP contribution >= 0.6 is 22.7 Å². The van der Waals surface area contributed by atoms with E-state index in [-0.39, 0.29) is 0 Å². The number of ether oxygens (including phenoxy) is 2. The van der Waals surface area contributed by atoms with Crippen LogP contribution in [0.5, 0.6) is 5.75 Å². The van der Waals surface area contributed by atoms with Crippen LogP contribution < -0.4 is 10.5 Å². The Bertz CT molecular complexity index is 1130. The molecule has 0 aliphatic heterocycles. The SMILES string of the molecule is CCOC(=O)c1sc2nc(-c3ccc(OC)cc3)cc(-c3cccs3)c2c1N. The van der Waals surface area contributed by atoms with Gasteiger partial charge in [0, 0.05) is 21.4 Å². The molecule has 0 saturated carbocycles. The number of aromatic nitrogens is 1. The molecule has 3 aromatic heterocycles. The maximum atomic E-state index is 12.3. The van der Waals surface area contributed by atoms with Crippen LogP contribution in [0.3, 0.4) is 0 Å². The summed E-state index contributed by atoms with van der Waals surface area (Å²) in [6.07, 6.45) is 0. The molecule has 1 aromatic carbocycles. The molecule has 0 bridgehead atoms. The van der Waals surface area contributed by atoms with Crippen molar-refractivity contribution in [2.45, 2.75) is 6.92 Å². The number of anilines is 1. The molecule has 0 unspecified atom stereocenters. The van der Waals surface area contributed by atoms with Crippen LogP contribution in [-0.4, -0.2) is 24.7 Å². The number of esters is 1. The Hall–Kier alpha value is -2.90. The average Bonchev–Trinajstić information content (AvgIpc) is 3.36. The van der Waals surface area contributed by atoms with Crippen molar-refractivity contribution in [1.82, 2.24) is 4.98 Å². The summed E-state index contributed by atoms with van der Waals surface area (Å²) in [5.41, 5.74) is 9.53. The number of carbonyl (C=O) groups is 1. The van der Waals surface area contributed by atoms with Crippen molar-refractivity contribution >= 4 is 44.5 Å². The fraction of sp³-hybridized carbons (Fsp3) is 0.143. The molecule has 0 radical (unpaired) electrons. The number of nitrogen functional groups attached to an aromatic ring is 1. The number of thiophene rings is 2. The molecule has 0 saturated heterocycles. The lowest BCUT2D eigenvalue weighted by Gasteiger charge is -2.08. The largest absolute Gasteiger partial charge is 0.497 e. The van der Waals surface area contributed by atoms with E-state index in [9.17, 15) is 4.79 Å². The maximum absolute atomic E-state index is 12.3. The molecule has 0 spiro atoms. The Morgan fingerprint density at radius 3 is 2.64 bits per heavy atom. The van der Waals surface area contributed by atoms with Crippen molar-refractivity contribution in [3.8, 4) is 27.4 Å². The summed E-state index contributed by atoms with van der Waals surface area (Å²) in [6, 6.07) is 13.8. The van der Waals surface area contributed by atoms with Gasteiger partial charge in [-0.15, -0.1) is 22.7 Å². The number of nitrogens with zero attached hydrogens (tertiary/aromatic N) is 1. The third-order valence-electron chi connectivity index (χ3n) is 4.33. The van der Waals surface area contributed by atoms with Gasteiger partial charge in [-0.2, -0.15) is 0 Å². The number of fused-ring (bicyclic) bond motifs is 1. The van der Waals surface area contributed by atoms with E-state index in [1.807, 2.05) is 47.8 Å². The van der Waals surface area contributed by atoms with Crippen molar-refractivity contribution in [2.75, 3.05) is 19.5 Å². The minimum atomic E-state index is -0.411. The monoisotopic (exact) mass is 410 g/mol. The average molecular weight is 411 g/mol. The molecule has 7 heteroatoms. The van der Waals surface area contributed by atoms with Crippen LogP contribution in [0, 0.1) is 0 Å². The quantitative estimate of drug-likeness (QED) is 0.442. The summed E-state index contributed by atoms with van der Waals surface area (Å²) in [5.74, 6) is 0.374. The fourth-order valence-corrected chi connectivity index (χ4v) is 4.77. The van der Waals surface area contributed by atoms with Crippen molar-refractivity contribution in [2.24, 2.45) is 0 Å². The number of methoxy groups -OCH3 is 1. The van der Waals surface area contributed by atoms with Crippen molar-refractivity contribution < 1.29 is 14.3 Å². The number of benzene rings is 1. The second-order valence-electron chi connectivity index (χ2n) is 6.01. The van der Waals surface area contributed by atoms with Gasteiger partial charge >= 0.3 is 5.97 Å². The molecule has 0 fully saturated rings. The lowest BCUT2D eigenvalue weighted by molar-refractivity contribution is 0.0533. The Balaban J connectivity index is 1.94. The Labute approximate surface area is 170 Å². The zero-order valence-electron chi connectivity index (χ0n) is 15.4. The third kappa shape index (κ3) is 3.23. The van der Waals surface area contributed by atoms with Gasteiger partial charge in [-0.1, -0.05) is 6.07 Å². The molecule has 2 N–H and O–H groups in total. The highest BCUT2D eigenvalue weighted by Crippen LogP contribution is 2.42. The van der Waals surface area contributed by atoms with E-state index in [0.717, 1.165) is 37.7 Å². The van der Waals surface area contributed by atoms with Crippen LogP contribution in [-0.2, 0) is 4.74 Å². The normalized spacial score (nSPS) is 10.9. The van der Waals surface area contributed by atoms with Gasteiger partial charge in [0.1, 0.15) is 15.5 Å². The minimum absolute atomic E-state index is 0.300. The summed E-state index contributed by atoms with van der Waals surface area (Å²) < 4.78 is 10.4. The molecule has 0 atom stereocenters. The second kappa shape index (κ2) is 7.61. The van der Waals surface area contributed by atoms with Crippen molar-refractivity contribution in [1.29, 1.82) is 0 Å². The van der Waals surface area contributed by atoms with E-state index in [4.69, 9.17) is 20.2 Å². The van der Waals surface area contributed by atoms with Crippen LogP contribution in [0.2, 0.25) is 0 Å². The second-order valence-corrected chi connectivity index (χ2v) is 7.95. The zero-order chi connectivity index (χ0) is 19.7. The van der Waals surface area contributed by atoms with Gasteiger partial charge in [-0.3, -0.25) is 0 Å². The van der Waals surface area contributed by atoms with E-state index in [1.54, 1.807) is 25.4 Å². The first-order valence-electron chi connectivity index (χ1n) is 8.70. The topological polar surface area (TPSA) is 74.4 Å². The molecular formula is C21H18N2O3S2. The van der Waals surface area contributed by atoms with Crippen LogP contribution in [0.4, 0.5) is 5.69 Å². The molecular weight excluding hydrogens is 392 g/mol. The van der Waals surface area contributed by atoms with Gasteiger partial charge in [0.05, 0.1) is 25.1 Å². The molecule has 5 nitrogen and oxygen atoms in total. The fourth-order valence-electron chi connectivity index (χ4n) is 3.01. The first-order valence-corrected chi connectivity index (χ1v) is 10.4. The summed E-state index contributed by atoms with van der Waals surface area (Å²) in [7, 11) is 1.64. The van der Waals surface area contributed by atoms with Crippen molar-refractivity contribution in [3.05, 3.63) is 52.7 Å². The van der Waals surface area contributed by atoms with Crippen LogP contribution in [0.25, 0.3) is 31.9 Å². The summed E-state index contributed by atoms with van der Waals surface area (Å²) >= 11 is 2.89. The summed E-state index contributed by atoms with van der Waals surface area (Å²) in [6.45, 7) is 2.08. The highest BCUT2D eigenvalue weighted by atomic mass is 32.1. The predicted molar refractivity (Wildman–Crippen MR) is 115 cm³/mol. The predicted octanol–water partition coefficient (Wildman–Crippen LogP) is 5.46. The van der Waals surface area contributed by atoms with Gasteiger partial charge in [0.15, 0.2) is 0 Å². The summed E-state index contributed by atoms with van der Waals surface area (Å²) in [5, 5.41) is 2.82. The van der Waals surface area contributed by atoms with Crippen LogP contribution in [0.15, 0.2) is 47.8 Å². The molecule has 0 amide bonds. The van der Waals surface area contributed by atoms with Crippen LogP contribution in [0.1, 0.15) is 16.6 Å². The molecule has 4 aromatic rings.